The van der Waals surface area contributed by atoms with E-state index >= 15 is 0 Å². The Hall–Kier alpha value is -1.73. The molecule has 1 atom stereocenters. The van der Waals surface area contributed by atoms with E-state index in [1.165, 1.54) is 9.75 Å². The topological polar surface area (TPSA) is 60.3 Å². The van der Waals surface area contributed by atoms with Gasteiger partial charge in [0, 0.05) is 29.8 Å². The molecule has 1 saturated heterocycles. The molecule has 3 rings (SSSR count). The summed E-state index contributed by atoms with van der Waals surface area (Å²) in [7, 11) is 1.89. The van der Waals surface area contributed by atoms with Crippen molar-refractivity contribution in [2.75, 3.05) is 19.7 Å². The van der Waals surface area contributed by atoms with Crippen molar-refractivity contribution < 1.29 is 9.53 Å². The van der Waals surface area contributed by atoms with E-state index in [0.29, 0.717) is 26.1 Å². The van der Waals surface area contributed by atoms with Crippen LogP contribution in [0.4, 0.5) is 0 Å². The Morgan fingerprint density at radius 3 is 3.04 bits per heavy atom. The average molecular weight is 334 g/mol. The van der Waals surface area contributed by atoms with Crippen LogP contribution in [-0.4, -0.2) is 45.3 Å². The minimum absolute atomic E-state index is 0.180. The number of aryl methyl sites for hydroxylation is 3. The van der Waals surface area contributed by atoms with Crippen molar-refractivity contribution in [3.8, 4) is 0 Å². The third-order valence-corrected chi connectivity index (χ3v) is 5.12. The van der Waals surface area contributed by atoms with Crippen LogP contribution in [0.3, 0.4) is 0 Å². The summed E-state index contributed by atoms with van der Waals surface area (Å²) in [5, 5.41) is 7.97. The van der Waals surface area contributed by atoms with Crippen molar-refractivity contribution in [2.45, 2.75) is 32.3 Å². The van der Waals surface area contributed by atoms with Crippen molar-refractivity contribution in [3.05, 3.63) is 34.0 Å². The molecule has 2 aromatic heterocycles. The normalized spacial score (nSPS) is 18.3. The summed E-state index contributed by atoms with van der Waals surface area (Å²) in [5.74, 6) is 0.977. The van der Waals surface area contributed by atoms with E-state index in [9.17, 15) is 4.79 Å². The number of hydrogen-bond donors (Lipinski definition) is 0. The van der Waals surface area contributed by atoms with E-state index < -0.39 is 0 Å². The van der Waals surface area contributed by atoms with Crippen molar-refractivity contribution in [2.24, 2.45) is 7.05 Å². The number of hydrogen-bond acceptors (Lipinski definition) is 5. The first-order valence-electron chi connectivity index (χ1n) is 7.92. The molecule has 6 nitrogen and oxygen atoms in total. The van der Waals surface area contributed by atoms with Crippen LogP contribution in [0.15, 0.2) is 18.5 Å². The Kier molecular flexibility index (Phi) is 5.07. The molecule has 1 aliphatic rings. The molecule has 7 heteroatoms. The number of nitrogens with zero attached hydrogens (tertiary/aromatic N) is 4. The largest absolute Gasteiger partial charge is 0.366 e. The number of carbonyl (C=O) groups excluding carboxylic acids is 1. The fourth-order valence-corrected chi connectivity index (χ4v) is 3.74. The van der Waals surface area contributed by atoms with Gasteiger partial charge in [0.15, 0.2) is 5.82 Å². The first-order chi connectivity index (χ1) is 11.1. The quantitative estimate of drug-likeness (QED) is 0.840. The maximum atomic E-state index is 12.4. The third-order valence-electron chi connectivity index (χ3n) is 4.06. The summed E-state index contributed by atoms with van der Waals surface area (Å²) in [6, 6.07) is 4.29. The van der Waals surface area contributed by atoms with Crippen LogP contribution in [0.1, 0.15) is 34.5 Å². The fraction of sp³-hybridized carbons (Fsp3) is 0.562. The molecule has 2 aromatic rings. The van der Waals surface area contributed by atoms with Crippen molar-refractivity contribution in [1.82, 2.24) is 19.7 Å². The molecule has 1 fully saturated rings. The monoisotopic (exact) mass is 334 g/mol. The summed E-state index contributed by atoms with van der Waals surface area (Å²) in [6.45, 7) is 3.88. The highest BCUT2D eigenvalue weighted by atomic mass is 32.1. The van der Waals surface area contributed by atoms with Gasteiger partial charge in [-0.05, 0) is 31.9 Å². The molecule has 23 heavy (non-hydrogen) atoms. The number of amides is 1. The fourth-order valence-electron chi connectivity index (χ4n) is 2.81. The Bertz CT molecular complexity index is 667. The number of rotatable bonds is 5. The maximum absolute atomic E-state index is 12.4. The van der Waals surface area contributed by atoms with Gasteiger partial charge in [0.05, 0.1) is 13.2 Å². The second kappa shape index (κ2) is 7.23. The van der Waals surface area contributed by atoms with Gasteiger partial charge in [0.2, 0.25) is 5.91 Å². The van der Waals surface area contributed by atoms with Gasteiger partial charge in [-0.3, -0.25) is 4.79 Å². The van der Waals surface area contributed by atoms with Crippen LogP contribution in [-0.2, 0) is 23.0 Å². The minimum Gasteiger partial charge on any atom is -0.366 e. The predicted molar refractivity (Wildman–Crippen MR) is 88.3 cm³/mol. The molecule has 0 aliphatic carbocycles. The van der Waals surface area contributed by atoms with Crippen molar-refractivity contribution in [1.29, 1.82) is 0 Å². The van der Waals surface area contributed by atoms with Gasteiger partial charge in [-0.2, -0.15) is 0 Å². The molecule has 0 spiro atoms. The summed E-state index contributed by atoms with van der Waals surface area (Å²) in [6.07, 6.45) is 3.93. The Balaban J connectivity index is 1.50. The van der Waals surface area contributed by atoms with Gasteiger partial charge in [-0.1, -0.05) is 0 Å². The predicted octanol–water partition coefficient (Wildman–Crippen LogP) is 2.11. The lowest BCUT2D eigenvalue weighted by molar-refractivity contribution is -0.139. The zero-order chi connectivity index (χ0) is 16.2. The lowest BCUT2D eigenvalue weighted by Gasteiger charge is -2.32. The molecular weight excluding hydrogens is 312 g/mol. The van der Waals surface area contributed by atoms with Crippen LogP contribution >= 0.6 is 11.3 Å². The molecule has 1 amide bonds. The van der Waals surface area contributed by atoms with Gasteiger partial charge in [0.25, 0.3) is 0 Å². The SMILES string of the molecule is Cc1ccc(CCCC(=O)N2CCOC(c3nncn3C)C2)s1. The van der Waals surface area contributed by atoms with E-state index in [-0.39, 0.29) is 12.0 Å². The lowest BCUT2D eigenvalue weighted by atomic mass is 10.1. The van der Waals surface area contributed by atoms with Crippen molar-refractivity contribution >= 4 is 17.2 Å². The standard InChI is InChI=1S/C16H22N4O2S/c1-12-6-7-13(23-12)4-3-5-15(21)20-8-9-22-14(10-20)16-18-17-11-19(16)2/h6-7,11,14H,3-5,8-10H2,1-2H3. The van der Waals surface area contributed by atoms with E-state index in [1.807, 2.05) is 27.9 Å². The van der Waals surface area contributed by atoms with Crippen LogP contribution < -0.4 is 0 Å². The average Bonchev–Trinajstić information content (AvgIpc) is 3.16. The van der Waals surface area contributed by atoms with E-state index in [4.69, 9.17) is 4.74 Å². The van der Waals surface area contributed by atoms with Gasteiger partial charge >= 0.3 is 0 Å². The van der Waals surface area contributed by atoms with Crippen LogP contribution in [0.5, 0.6) is 0 Å². The third kappa shape index (κ3) is 3.97. The number of carbonyl (C=O) groups is 1. The first kappa shape index (κ1) is 16.1. The zero-order valence-corrected chi connectivity index (χ0v) is 14.4. The second-order valence-corrected chi connectivity index (χ2v) is 7.24. The molecule has 0 bridgehead atoms. The molecule has 0 aromatic carbocycles. The number of morpholine rings is 1. The van der Waals surface area contributed by atoms with E-state index in [1.54, 1.807) is 6.33 Å². The number of thiophene rings is 1. The van der Waals surface area contributed by atoms with E-state index in [0.717, 1.165) is 18.7 Å². The number of aromatic nitrogens is 3. The highest BCUT2D eigenvalue weighted by Gasteiger charge is 2.27. The first-order valence-corrected chi connectivity index (χ1v) is 8.73. The molecule has 0 N–H and O–H groups in total. The van der Waals surface area contributed by atoms with Gasteiger partial charge in [0.1, 0.15) is 12.4 Å². The smallest absolute Gasteiger partial charge is 0.222 e. The maximum Gasteiger partial charge on any atom is 0.222 e. The molecule has 0 saturated carbocycles. The lowest BCUT2D eigenvalue weighted by Crippen LogP contribution is -2.42. The Labute approximate surface area is 140 Å². The second-order valence-electron chi connectivity index (χ2n) is 5.87. The Morgan fingerprint density at radius 1 is 1.48 bits per heavy atom. The number of ether oxygens (including phenoxy) is 1. The summed E-state index contributed by atoms with van der Waals surface area (Å²) < 4.78 is 7.59. The van der Waals surface area contributed by atoms with Gasteiger partial charge < -0.3 is 14.2 Å². The summed E-state index contributed by atoms with van der Waals surface area (Å²) >= 11 is 1.81. The molecule has 0 radical (unpaired) electrons. The minimum atomic E-state index is -0.180. The van der Waals surface area contributed by atoms with Gasteiger partial charge in [-0.25, -0.2) is 0 Å². The van der Waals surface area contributed by atoms with Crippen LogP contribution in [0.2, 0.25) is 0 Å². The van der Waals surface area contributed by atoms with E-state index in [2.05, 4.69) is 29.3 Å². The molecular formula is C16H22N4O2S. The van der Waals surface area contributed by atoms with Crippen LogP contribution in [0.25, 0.3) is 0 Å². The highest BCUT2D eigenvalue weighted by Crippen LogP contribution is 2.21. The molecule has 3 heterocycles. The Morgan fingerprint density at radius 2 is 2.35 bits per heavy atom. The summed E-state index contributed by atoms with van der Waals surface area (Å²) in [4.78, 5) is 17.0. The summed E-state index contributed by atoms with van der Waals surface area (Å²) in [5.41, 5.74) is 0. The van der Waals surface area contributed by atoms with Crippen LogP contribution in [0, 0.1) is 6.92 Å². The zero-order valence-electron chi connectivity index (χ0n) is 13.6. The highest BCUT2D eigenvalue weighted by molar-refractivity contribution is 7.11. The molecule has 1 aliphatic heterocycles. The van der Waals surface area contributed by atoms with Gasteiger partial charge in [-0.15, -0.1) is 21.5 Å². The molecule has 124 valence electrons. The van der Waals surface area contributed by atoms with Crippen molar-refractivity contribution in [3.63, 3.8) is 0 Å². The molecule has 1 unspecified atom stereocenters.